The van der Waals surface area contributed by atoms with Crippen molar-refractivity contribution in [1.29, 1.82) is 0 Å². The lowest BCUT2D eigenvalue weighted by atomic mass is 9.96. The van der Waals surface area contributed by atoms with Crippen LogP contribution in [0.15, 0.2) is 47.6 Å². The topological polar surface area (TPSA) is 47.0 Å². The Morgan fingerprint density at radius 1 is 1.19 bits per heavy atom. The first-order valence-electron chi connectivity index (χ1n) is 9.33. The number of hydrogen-bond donors (Lipinski definition) is 0. The lowest BCUT2D eigenvalue weighted by molar-refractivity contribution is 0.229. The van der Waals surface area contributed by atoms with E-state index < -0.39 is 0 Å². The Morgan fingerprint density at radius 2 is 2.04 bits per heavy atom. The van der Waals surface area contributed by atoms with Gasteiger partial charge in [0.05, 0.1) is 24.9 Å². The molecule has 1 aromatic heterocycles. The number of aromatic nitrogens is 1. The van der Waals surface area contributed by atoms with Crippen LogP contribution in [0.4, 0.5) is 0 Å². The zero-order chi connectivity index (χ0) is 19.0. The smallest absolute Gasteiger partial charge is 0.161 e. The van der Waals surface area contributed by atoms with Crippen molar-refractivity contribution < 1.29 is 9.47 Å². The Bertz CT molecular complexity index is 841. The molecule has 3 atom stereocenters. The third kappa shape index (κ3) is 3.50. The van der Waals surface area contributed by atoms with Crippen LogP contribution in [0.1, 0.15) is 44.1 Å². The second-order valence-electron chi connectivity index (χ2n) is 7.21. The molecule has 27 heavy (non-hydrogen) atoms. The van der Waals surface area contributed by atoms with Gasteiger partial charge >= 0.3 is 0 Å². The van der Waals surface area contributed by atoms with Gasteiger partial charge in [0.1, 0.15) is 6.04 Å². The van der Waals surface area contributed by atoms with Gasteiger partial charge in [0.25, 0.3) is 0 Å². The van der Waals surface area contributed by atoms with Gasteiger partial charge in [-0.25, -0.2) is 0 Å². The Kier molecular flexibility index (Phi) is 5.00. The highest BCUT2D eigenvalue weighted by Gasteiger charge is 2.43. The van der Waals surface area contributed by atoms with Gasteiger partial charge < -0.3 is 14.4 Å². The second kappa shape index (κ2) is 7.43. The maximum absolute atomic E-state index is 5.89. The number of hydrogen-bond acceptors (Lipinski definition) is 6. The van der Waals surface area contributed by atoms with Crippen molar-refractivity contribution in [2.24, 2.45) is 4.99 Å². The summed E-state index contributed by atoms with van der Waals surface area (Å²) in [5, 5.41) is 1.66. The minimum Gasteiger partial charge on any atom is -0.493 e. The van der Waals surface area contributed by atoms with E-state index in [4.69, 9.17) is 14.5 Å². The number of nitrogens with zero attached hydrogens (tertiary/aromatic N) is 3. The quantitative estimate of drug-likeness (QED) is 0.762. The maximum atomic E-state index is 5.89. The van der Waals surface area contributed by atoms with Crippen LogP contribution in [0, 0.1) is 0 Å². The average molecular weight is 384 g/mol. The summed E-state index contributed by atoms with van der Waals surface area (Å²) in [6.45, 7) is 7.28. The molecule has 1 saturated heterocycles. The molecule has 1 fully saturated rings. The van der Waals surface area contributed by atoms with E-state index in [1.165, 1.54) is 5.56 Å². The van der Waals surface area contributed by atoms with E-state index in [2.05, 4.69) is 35.0 Å². The predicted octanol–water partition coefficient (Wildman–Crippen LogP) is 4.47. The Balaban J connectivity index is 1.73. The minimum atomic E-state index is -0.0113. The summed E-state index contributed by atoms with van der Waals surface area (Å²) in [6.07, 6.45) is 1.94. The summed E-state index contributed by atoms with van der Waals surface area (Å²) in [5.74, 6) is 1.53. The van der Waals surface area contributed by atoms with Crippen LogP contribution in [0.3, 0.4) is 0 Å². The number of pyridine rings is 1. The first kappa shape index (κ1) is 18.2. The molecule has 1 aromatic carbocycles. The normalized spacial score (nSPS) is 24.1. The number of methoxy groups -OCH3 is 1. The van der Waals surface area contributed by atoms with Gasteiger partial charge in [-0.15, -0.1) is 0 Å². The van der Waals surface area contributed by atoms with E-state index in [-0.39, 0.29) is 18.2 Å². The molecule has 5 nitrogen and oxygen atoms in total. The van der Waals surface area contributed by atoms with Crippen LogP contribution in [0.5, 0.6) is 11.5 Å². The van der Waals surface area contributed by atoms with Crippen LogP contribution in [0.2, 0.25) is 0 Å². The molecule has 0 aliphatic carbocycles. The predicted molar refractivity (Wildman–Crippen MR) is 110 cm³/mol. The molecule has 0 amide bonds. The Hall–Kier alpha value is -2.21. The lowest BCUT2D eigenvalue weighted by Gasteiger charge is -2.28. The maximum Gasteiger partial charge on any atom is 0.161 e. The van der Waals surface area contributed by atoms with E-state index in [1.54, 1.807) is 7.11 Å². The third-order valence-electron chi connectivity index (χ3n) is 4.77. The van der Waals surface area contributed by atoms with Crippen LogP contribution in [-0.2, 0) is 0 Å². The van der Waals surface area contributed by atoms with Crippen LogP contribution in [0.25, 0.3) is 0 Å². The summed E-state index contributed by atoms with van der Waals surface area (Å²) >= 11 is 1.85. The van der Waals surface area contributed by atoms with E-state index in [9.17, 15) is 0 Å². The van der Waals surface area contributed by atoms with E-state index in [1.807, 2.05) is 50.0 Å². The van der Waals surface area contributed by atoms with Gasteiger partial charge in [0, 0.05) is 18.0 Å². The molecule has 2 aliphatic heterocycles. The molecule has 0 N–H and O–H groups in total. The molecular weight excluding hydrogens is 358 g/mol. The molecular formula is C21H25N3O2S. The lowest BCUT2D eigenvalue weighted by Crippen LogP contribution is -2.28. The van der Waals surface area contributed by atoms with E-state index >= 15 is 0 Å². The van der Waals surface area contributed by atoms with Gasteiger partial charge in [-0.1, -0.05) is 30.8 Å². The summed E-state index contributed by atoms with van der Waals surface area (Å²) in [4.78, 5) is 12.0. The third-order valence-corrected chi connectivity index (χ3v) is 5.88. The first-order valence-corrected chi connectivity index (χ1v) is 10.2. The molecule has 0 bridgehead atoms. The van der Waals surface area contributed by atoms with E-state index in [0.29, 0.717) is 5.25 Å². The highest BCUT2D eigenvalue weighted by molar-refractivity contribution is 8.14. The van der Waals surface area contributed by atoms with Crippen molar-refractivity contribution in [2.45, 2.75) is 44.2 Å². The standard InChI is InChI=1S/C21H25N3O2S/c1-13(2)26-17-9-8-15(11-18(17)25-4)20-19(16-7-5-6-10-22-16)23-21-24(20)12-14(3)27-21/h5-11,13-14,19-20H,12H2,1-4H3/t14-,19+,20-/m1/s1. The van der Waals surface area contributed by atoms with Crippen LogP contribution >= 0.6 is 11.8 Å². The summed E-state index contributed by atoms with van der Waals surface area (Å²) in [5.41, 5.74) is 2.17. The molecule has 2 aliphatic rings. The van der Waals surface area contributed by atoms with Crippen molar-refractivity contribution in [1.82, 2.24) is 9.88 Å². The van der Waals surface area contributed by atoms with Gasteiger partial charge in [-0.2, -0.15) is 0 Å². The van der Waals surface area contributed by atoms with Crippen molar-refractivity contribution in [3.63, 3.8) is 0 Å². The molecule has 2 aromatic rings. The van der Waals surface area contributed by atoms with Gasteiger partial charge in [-0.3, -0.25) is 9.98 Å². The minimum absolute atomic E-state index is 0.0113. The molecule has 4 rings (SSSR count). The van der Waals surface area contributed by atoms with Crippen molar-refractivity contribution >= 4 is 16.9 Å². The zero-order valence-corrected chi connectivity index (χ0v) is 16.9. The van der Waals surface area contributed by atoms with Gasteiger partial charge in [0.15, 0.2) is 16.7 Å². The van der Waals surface area contributed by atoms with Crippen molar-refractivity contribution in [3.8, 4) is 11.5 Å². The highest BCUT2D eigenvalue weighted by atomic mass is 32.2. The first-order chi connectivity index (χ1) is 13.1. The Morgan fingerprint density at radius 3 is 2.74 bits per heavy atom. The summed E-state index contributed by atoms with van der Waals surface area (Å²) < 4.78 is 11.5. The molecule has 142 valence electrons. The fourth-order valence-corrected chi connectivity index (χ4v) is 4.79. The molecule has 6 heteroatoms. The molecule has 0 radical (unpaired) electrons. The number of benzene rings is 1. The molecule has 0 unspecified atom stereocenters. The zero-order valence-electron chi connectivity index (χ0n) is 16.1. The van der Waals surface area contributed by atoms with Gasteiger partial charge in [-0.05, 0) is 43.7 Å². The largest absolute Gasteiger partial charge is 0.493 e. The summed E-state index contributed by atoms with van der Waals surface area (Å²) in [6, 6.07) is 12.4. The number of fused-ring (bicyclic) bond motifs is 1. The summed E-state index contributed by atoms with van der Waals surface area (Å²) in [7, 11) is 1.69. The number of amidine groups is 1. The molecule has 0 saturated carbocycles. The fourth-order valence-electron chi connectivity index (χ4n) is 3.70. The number of aliphatic imine (C=N–C) groups is 1. The van der Waals surface area contributed by atoms with Crippen LogP contribution in [-0.4, -0.2) is 40.1 Å². The average Bonchev–Trinajstić information content (AvgIpc) is 3.18. The fraction of sp³-hybridized carbons (Fsp3) is 0.429. The molecule has 0 spiro atoms. The highest BCUT2D eigenvalue weighted by Crippen LogP contribution is 2.48. The number of ether oxygens (including phenoxy) is 2. The van der Waals surface area contributed by atoms with E-state index in [0.717, 1.165) is 28.9 Å². The second-order valence-corrected chi connectivity index (χ2v) is 8.62. The van der Waals surface area contributed by atoms with Gasteiger partial charge in [0.2, 0.25) is 0 Å². The SMILES string of the molecule is COc1cc([C@@H]2[C@H](c3ccccn3)N=C3S[C@H](C)CN32)ccc1OC(C)C. The number of thioether (sulfide) groups is 1. The van der Waals surface area contributed by atoms with Crippen molar-refractivity contribution in [2.75, 3.05) is 13.7 Å². The monoisotopic (exact) mass is 383 g/mol. The van der Waals surface area contributed by atoms with Crippen LogP contribution < -0.4 is 9.47 Å². The molecule has 3 heterocycles. The van der Waals surface area contributed by atoms with Crippen molar-refractivity contribution in [3.05, 3.63) is 53.9 Å². The number of rotatable bonds is 5. The Labute approximate surface area is 164 Å².